The Kier molecular flexibility index (Phi) is 3.98. The molecule has 0 saturated carbocycles. The van der Waals surface area contributed by atoms with Gasteiger partial charge < -0.3 is 5.84 Å². The summed E-state index contributed by atoms with van der Waals surface area (Å²) in [7, 11) is 0. The molecule has 0 aliphatic heterocycles. The first-order chi connectivity index (χ1) is 9.84. The summed E-state index contributed by atoms with van der Waals surface area (Å²) in [6.07, 6.45) is 4.56. The van der Waals surface area contributed by atoms with Crippen LogP contribution in [0.3, 0.4) is 0 Å². The monoisotopic (exact) mass is 303 g/mol. The number of hydrogen-bond donors (Lipinski definition) is 1. The molecule has 0 bridgehead atoms. The number of rotatable bonds is 5. The van der Waals surface area contributed by atoms with Crippen molar-refractivity contribution in [3.05, 3.63) is 47.6 Å². The molecule has 0 unspecified atom stereocenters. The molecule has 3 aromatic heterocycles. The van der Waals surface area contributed by atoms with Crippen LogP contribution in [0, 0.1) is 0 Å². The molecule has 20 heavy (non-hydrogen) atoms. The second-order valence-corrected chi connectivity index (χ2v) is 6.12. The maximum Gasteiger partial charge on any atom is 0.210 e. The van der Waals surface area contributed by atoms with Gasteiger partial charge >= 0.3 is 0 Å². The maximum absolute atomic E-state index is 6.04. The molecule has 0 atom stereocenters. The number of nitrogen functional groups attached to an aromatic ring is 1. The van der Waals surface area contributed by atoms with Crippen molar-refractivity contribution >= 4 is 23.1 Å². The molecule has 3 heterocycles. The normalized spacial score (nSPS) is 10.8. The first-order valence-corrected chi connectivity index (χ1v) is 7.97. The average Bonchev–Trinajstić information content (AvgIpc) is 3.11. The smallest absolute Gasteiger partial charge is 0.210 e. The van der Waals surface area contributed by atoms with Crippen molar-refractivity contribution in [1.82, 2.24) is 19.9 Å². The van der Waals surface area contributed by atoms with E-state index in [-0.39, 0.29) is 0 Å². The van der Waals surface area contributed by atoms with Gasteiger partial charge in [-0.15, -0.1) is 21.5 Å². The molecular weight excluding hydrogens is 290 g/mol. The quantitative estimate of drug-likeness (QED) is 0.579. The highest BCUT2D eigenvalue weighted by molar-refractivity contribution is 7.99. The molecule has 3 aromatic rings. The lowest BCUT2D eigenvalue weighted by Crippen LogP contribution is -2.11. The second kappa shape index (κ2) is 6.06. The van der Waals surface area contributed by atoms with Crippen LogP contribution in [0.5, 0.6) is 0 Å². The highest BCUT2D eigenvalue weighted by atomic mass is 32.2. The van der Waals surface area contributed by atoms with Gasteiger partial charge in [0.05, 0.1) is 4.88 Å². The zero-order valence-corrected chi connectivity index (χ0v) is 12.3. The van der Waals surface area contributed by atoms with Gasteiger partial charge in [-0.25, -0.2) is 4.68 Å². The molecule has 102 valence electrons. The molecule has 0 radical (unpaired) electrons. The van der Waals surface area contributed by atoms with Crippen molar-refractivity contribution in [3.8, 4) is 10.7 Å². The minimum Gasteiger partial charge on any atom is -0.335 e. The van der Waals surface area contributed by atoms with Crippen LogP contribution in [0.2, 0.25) is 0 Å². The van der Waals surface area contributed by atoms with Gasteiger partial charge in [0.25, 0.3) is 0 Å². The summed E-state index contributed by atoms with van der Waals surface area (Å²) in [5.41, 5.74) is 1.26. The second-order valence-electron chi connectivity index (χ2n) is 4.11. The van der Waals surface area contributed by atoms with Crippen molar-refractivity contribution in [3.63, 3.8) is 0 Å². The van der Waals surface area contributed by atoms with Crippen LogP contribution in [-0.2, 0) is 6.42 Å². The summed E-state index contributed by atoms with van der Waals surface area (Å²) < 4.78 is 1.56. The summed E-state index contributed by atoms with van der Waals surface area (Å²) in [6.45, 7) is 0. The Morgan fingerprint density at radius 3 is 2.80 bits per heavy atom. The van der Waals surface area contributed by atoms with Gasteiger partial charge in [0.2, 0.25) is 5.16 Å². The molecule has 0 fully saturated rings. The zero-order chi connectivity index (χ0) is 13.8. The van der Waals surface area contributed by atoms with Gasteiger partial charge in [0.15, 0.2) is 5.82 Å². The van der Waals surface area contributed by atoms with Gasteiger partial charge in [-0.05, 0) is 35.6 Å². The van der Waals surface area contributed by atoms with Crippen LogP contribution in [0.1, 0.15) is 5.56 Å². The summed E-state index contributed by atoms with van der Waals surface area (Å²) in [5, 5.41) is 11.0. The van der Waals surface area contributed by atoms with Crippen molar-refractivity contribution in [1.29, 1.82) is 0 Å². The Balaban J connectivity index is 1.64. The number of pyridine rings is 1. The standard InChI is InChI=1S/C13H13N5S2/c14-18-12(11-2-1-8-19-11)16-17-13(18)20-9-5-10-3-6-15-7-4-10/h1-4,6-8H,5,9,14H2. The topological polar surface area (TPSA) is 69.6 Å². The summed E-state index contributed by atoms with van der Waals surface area (Å²) >= 11 is 3.21. The number of aryl methyl sites for hydroxylation is 1. The molecule has 0 aromatic carbocycles. The fraction of sp³-hybridized carbons (Fsp3) is 0.154. The minimum absolute atomic E-state index is 0.714. The minimum atomic E-state index is 0.714. The van der Waals surface area contributed by atoms with Gasteiger partial charge in [0, 0.05) is 18.1 Å². The molecular formula is C13H13N5S2. The van der Waals surface area contributed by atoms with Crippen LogP contribution in [-0.4, -0.2) is 25.6 Å². The Morgan fingerprint density at radius 1 is 1.20 bits per heavy atom. The predicted molar refractivity (Wildman–Crippen MR) is 82.2 cm³/mol. The van der Waals surface area contributed by atoms with Gasteiger partial charge in [0.1, 0.15) is 0 Å². The van der Waals surface area contributed by atoms with E-state index in [1.807, 2.05) is 29.6 Å². The lowest BCUT2D eigenvalue weighted by Gasteiger charge is -2.02. The Bertz CT molecular complexity index is 663. The largest absolute Gasteiger partial charge is 0.335 e. The zero-order valence-electron chi connectivity index (χ0n) is 10.6. The molecule has 3 rings (SSSR count). The highest BCUT2D eigenvalue weighted by Gasteiger charge is 2.12. The third-order valence-electron chi connectivity index (χ3n) is 2.78. The van der Waals surface area contributed by atoms with E-state index in [0.717, 1.165) is 22.2 Å². The Hall–Kier alpha value is -1.86. The van der Waals surface area contributed by atoms with E-state index < -0.39 is 0 Å². The number of nitrogens with two attached hydrogens (primary N) is 1. The molecule has 0 aliphatic rings. The fourth-order valence-electron chi connectivity index (χ4n) is 1.76. The van der Waals surface area contributed by atoms with Gasteiger partial charge in [-0.3, -0.25) is 4.98 Å². The lowest BCUT2D eigenvalue weighted by molar-refractivity contribution is 0.849. The van der Waals surface area contributed by atoms with Crippen LogP contribution < -0.4 is 5.84 Å². The van der Waals surface area contributed by atoms with Crippen LogP contribution >= 0.6 is 23.1 Å². The van der Waals surface area contributed by atoms with E-state index in [4.69, 9.17) is 5.84 Å². The predicted octanol–water partition coefficient (Wildman–Crippen LogP) is 2.45. The molecule has 2 N–H and O–H groups in total. The van der Waals surface area contributed by atoms with Gasteiger partial charge in [-0.1, -0.05) is 17.8 Å². The third kappa shape index (κ3) is 2.83. The SMILES string of the molecule is Nn1c(SCCc2ccncc2)nnc1-c1cccs1. The fourth-order valence-corrected chi connectivity index (χ4v) is 3.31. The van der Waals surface area contributed by atoms with E-state index in [1.165, 1.54) is 5.56 Å². The van der Waals surface area contributed by atoms with Crippen LogP contribution in [0.15, 0.2) is 47.2 Å². The molecule has 0 amide bonds. The molecule has 0 saturated heterocycles. The first-order valence-electron chi connectivity index (χ1n) is 6.10. The average molecular weight is 303 g/mol. The van der Waals surface area contributed by atoms with E-state index in [2.05, 4.69) is 15.2 Å². The van der Waals surface area contributed by atoms with Crippen molar-refractivity contribution in [2.24, 2.45) is 0 Å². The van der Waals surface area contributed by atoms with E-state index in [0.29, 0.717) is 5.82 Å². The van der Waals surface area contributed by atoms with Crippen molar-refractivity contribution in [2.45, 2.75) is 11.6 Å². The molecule has 5 nitrogen and oxygen atoms in total. The Morgan fingerprint density at radius 2 is 2.05 bits per heavy atom. The van der Waals surface area contributed by atoms with Crippen LogP contribution in [0.4, 0.5) is 0 Å². The number of hydrogen-bond acceptors (Lipinski definition) is 6. The van der Waals surface area contributed by atoms with E-state index >= 15 is 0 Å². The van der Waals surface area contributed by atoms with Crippen molar-refractivity contribution < 1.29 is 0 Å². The van der Waals surface area contributed by atoms with E-state index in [1.54, 1.807) is 40.2 Å². The summed E-state index contributed by atoms with van der Waals surface area (Å²) in [6, 6.07) is 8.00. The molecule has 7 heteroatoms. The number of aromatic nitrogens is 4. The molecule has 0 spiro atoms. The Labute approximate surface area is 124 Å². The highest BCUT2D eigenvalue weighted by Crippen LogP contribution is 2.25. The molecule has 0 aliphatic carbocycles. The summed E-state index contributed by atoms with van der Waals surface area (Å²) in [4.78, 5) is 5.03. The third-order valence-corrected chi connectivity index (χ3v) is 4.59. The maximum atomic E-state index is 6.04. The van der Waals surface area contributed by atoms with Crippen molar-refractivity contribution in [2.75, 3.05) is 11.6 Å². The number of thiophene rings is 1. The first kappa shape index (κ1) is 13.1. The van der Waals surface area contributed by atoms with Gasteiger partial charge in [-0.2, -0.15) is 0 Å². The van der Waals surface area contributed by atoms with Crippen LogP contribution in [0.25, 0.3) is 10.7 Å². The van der Waals surface area contributed by atoms with E-state index in [9.17, 15) is 0 Å². The number of nitrogens with zero attached hydrogens (tertiary/aromatic N) is 4. The summed E-state index contributed by atoms with van der Waals surface area (Å²) in [5.74, 6) is 7.66. The lowest BCUT2D eigenvalue weighted by atomic mass is 10.2. The number of thioether (sulfide) groups is 1.